The molecule has 3 heteroatoms. The normalized spacial score (nSPS) is 19.7. The number of hydrogen-bond donors (Lipinski definition) is 1. The van der Waals surface area contributed by atoms with Gasteiger partial charge in [-0.15, -0.1) is 0 Å². The van der Waals surface area contributed by atoms with Gasteiger partial charge < -0.3 is 15.2 Å². The minimum Gasteiger partial charge on any atom is -0.490 e. The number of hydrogen-bond acceptors (Lipinski definition) is 3. The van der Waals surface area contributed by atoms with Gasteiger partial charge in [0.05, 0.1) is 6.61 Å². The third-order valence-electron chi connectivity index (χ3n) is 2.28. The van der Waals surface area contributed by atoms with Crippen molar-refractivity contribution in [3.05, 3.63) is 23.8 Å². The lowest BCUT2D eigenvalue weighted by atomic mass is 10.0. The van der Waals surface area contributed by atoms with Crippen LogP contribution in [0.2, 0.25) is 0 Å². The van der Waals surface area contributed by atoms with Crippen LogP contribution in [0.4, 0.5) is 0 Å². The van der Waals surface area contributed by atoms with Crippen molar-refractivity contribution < 1.29 is 9.47 Å². The number of benzene rings is 1. The summed E-state index contributed by atoms with van der Waals surface area (Å²) in [4.78, 5) is 0. The van der Waals surface area contributed by atoms with Gasteiger partial charge in [0.1, 0.15) is 6.61 Å². The summed E-state index contributed by atoms with van der Waals surface area (Å²) in [6.45, 7) is 3.21. The summed E-state index contributed by atoms with van der Waals surface area (Å²) in [5.41, 5.74) is 6.96. The fourth-order valence-electron chi connectivity index (χ4n) is 1.69. The number of rotatable bonds is 2. The quantitative estimate of drug-likeness (QED) is 0.771. The highest BCUT2D eigenvalue weighted by Crippen LogP contribution is 2.34. The number of fused-ring (bicyclic) bond motifs is 1. The molecule has 2 N–H and O–H groups in total. The lowest BCUT2D eigenvalue weighted by Gasteiger charge is -2.24. The van der Waals surface area contributed by atoms with Crippen LogP contribution in [0.5, 0.6) is 11.5 Å². The first kappa shape index (κ1) is 9.34. The van der Waals surface area contributed by atoms with E-state index in [-0.39, 0.29) is 6.04 Å². The first-order valence-electron chi connectivity index (χ1n) is 4.94. The Balaban J connectivity index is 2.31. The molecule has 0 saturated carbocycles. The summed E-state index contributed by atoms with van der Waals surface area (Å²) < 4.78 is 11.0. The van der Waals surface area contributed by atoms with E-state index >= 15 is 0 Å². The molecule has 1 atom stereocenters. The van der Waals surface area contributed by atoms with Gasteiger partial charge in [-0.05, 0) is 25.0 Å². The molecule has 0 amide bonds. The topological polar surface area (TPSA) is 44.5 Å². The van der Waals surface area contributed by atoms with Crippen LogP contribution in [-0.4, -0.2) is 19.3 Å². The second kappa shape index (κ2) is 3.88. The highest BCUT2D eigenvalue weighted by Gasteiger charge is 2.19. The predicted molar refractivity (Wildman–Crippen MR) is 54.8 cm³/mol. The monoisotopic (exact) mass is 193 g/mol. The first-order chi connectivity index (χ1) is 6.81. The Morgan fingerprint density at radius 3 is 3.21 bits per heavy atom. The van der Waals surface area contributed by atoms with Crippen molar-refractivity contribution in [1.82, 2.24) is 0 Å². The molecular weight excluding hydrogens is 178 g/mol. The van der Waals surface area contributed by atoms with Crippen molar-refractivity contribution >= 4 is 0 Å². The van der Waals surface area contributed by atoms with Gasteiger partial charge in [0, 0.05) is 6.04 Å². The van der Waals surface area contributed by atoms with E-state index in [2.05, 4.69) is 0 Å². The molecule has 76 valence electrons. The summed E-state index contributed by atoms with van der Waals surface area (Å²) in [5.74, 6) is 1.70. The molecule has 0 bridgehead atoms. The number of nitrogens with two attached hydrogens (primary N) is 1. The van der Waals surface area contributed by atoms with E-state index in [1.165, 1.54) is 0 Å². The zero-order valence-electron chi connectivity index (χ0n) is 8.32. The molecular formula is C11H15NO2. The maximum atomic E-state index is 5.81. The third-order valence-corrected chi connectivity index (χ3v) is 2.28. The van der Waals surface area contributed by atoms with Crippen molar-refractivity contribution in [3.8, 4) is 11.5 Å². The van der Waals surface area contributed by atoms with Crippen LogP contribution in [0.1, 0.15) is 12.5 Å². The Morgan fingerprint density at radius 1 is 1.57 bits per heavy atom. The van der Waals surface area contributed by atoms with Gasteiger partial charge in [0.15, 0.2) is 11.5 Å². The molecule has 0 aromatic heterocycles. The van der Waals surface area contributed by atoms with Crippen LogP contribution in [0.3, 0.4) is 0 Å². The summed E-state index contributed by atoms with van der Waals surface area (Å²) in [6, 6.07) is 6.06. The van der Waals surface area contributed by atoms with Gasteiger partial charge in [0.25, 0.3) is 0 Å². The lowest BCUT2D eigenvalue weighted by molar-refractivity contribution is 0.240. The van der Waals surface area contributed by atoms with Crippen LogP contribution in [0, 0.1) is 0 Å². The van der Waals surface area contributed by atoms with E-state index in [9.17, 15) is 0 Å². The Bertz CT molecular complexity index is 311. The smallest absolute Gasteiger partial charge is 0.164 e. The highest BCUT2D eigenvalue weighted by atomic mass is 16.5. The number of ether oxygens (including phenoxy) is 2. The van der Waals surface area contributed by atoms with Crippen LogP contribution < -0.4 is 15.2 Å². The fourth-order valence-corrected chi connectivity index (χ4v) is 1.69. The van der Waals surface area contributed by atoms with Gasteiger partial charge in [-0.3, -0.25) is 0 Å². The Hall–Kier alpha value is -1.22. The SMILES string of the molecule is CCOc1cccc2c1OC[C@H](N)C2. The summed E-state index contributed by atoms with van der Waals surface area (Å²) >= 11 is 0. The van der Waals surface area contributed by atoms with E-state index < -0.39 is 0 Å². The Kier molecular flexibility index (Phi) is 2.59. The van der Waals surface area contributed by atoms with E-state index in [0.29, 0.717) is 13.2 Å². The highest BCUT2D eigenvalue weighted by molar-refractivity contribution is 5.48. The van der Waals surface area contributed by atoms with Crippen molar-refractivity contribution in [2.24, 2.45) is 5.73 Å². The molecule has 0 unspecified atom stereocenters. The molecule has 0 spiro atoms. The van der Waals surface area contributed by atoms with Gasteiger partial charge in [0.2, 0.25) is 0 Å². The van der Waals surface area contributed by atoms with E-state index in [1.54, 1.807) is 0 Å². The van der Waals surface area contributed by atoms with Gasteiger partial charge in [-0.25, -0.2) is 0 Å². The molecule has 1 aromatic carbocycles. The largest absolute Gasteiger partial charge is 0.490 e. The standard InChI is InChI=1S/C11H15NO2/c1-2-13-10-5-3-4-8-6-9(12)7-14-11(8)10/h3-5,9H,2,6-7,12H2,1H3/t9-/m1/s1. The molecule has 0 fully saturated rings. The van der Waals surface area contributed by atoms with Crippen molar-refractivity contribution in [1.29, 1.82) is 0 Å². The van der Waals surface area contributed by atoms with Crippen molar-refractivity contribution in [3.63, 3.8) is 0 Å². The molecule has 1 aliphatic heterocycles. The van der Waals surface area contributed by atoms with E-state index in [1.807, 2.05) is 25.1 Å². The Morgan fingerprint density at radius 2 is 2.43 bits per heavy atom. The van der Waals surface area contributed by atoms with E-state index in [0.717, 1.165) is 23.5 Å². The summed E-state index contributed by atoms with van der Waals surface area (Å²) in [6.07, 6.45) is 0.871. The van der Waals surface area contributed by atoms with Crippen LogP contribution in [0.15, 0.2) is 18.2 Å². The fraction of sp³-hybridized carbons (Fsp3) is 0.455. The minimum atomic E-state index is 0.111. The zero-order chi connectivity index (χ0) is 9.97. The van der Waals surface area contributed by atoms with E-state index in [4.69, 9.17) is 15.2 Å². The second-order valence-electron chi connectivity index (χ2n) is 3.45. The maximum Gasteiger partial charge on any atom is 0.164 e. The summed E-state index contributed by atoms with van der Waals surface area (Å²) in [7, 11) is 0. The molecule has 1 aliphatic rings. The average molecular weight is 193 g/mol. The average Bonchev–Trinajstić information content (AvgIpc) is 2.18. The van der Waals surface area contributed by atoms with Gasteiger partial charge in [-0.1, -0.05) is 12.1 Å². The minimum absolute atomic E-state index is 0.111. The Labute approximate surface area is 83.8 Å². The second-order valence-corrected chi connectivity index (χ2v) is 3.45. The van der Waals surface area contributed by atoms with Crippen LogP contribution in [-0.2, 0) is 6.42 Å². The van der Waals surface area contributed by atoms with Gasteiger partial charge in [-0.2, -0.15) is 0 Å². The lowest BCUT2D eigenvalue weighted by Crippen LogP contribution is -2.33. The predicted octanol–water partition coefficient (Wildman–Crippen LogP) is 1.35. The van der Waals surface area contributed by atoms with Crippen LogP contribution >= 0.6 is 0 Å². The van der Waals surface area contributed by atoms with Gasteiger partial charge >= 0.3 is 0 Å². The maximum absolute atomic E-state index is 5.81. The molecule has 0 aliphatic carbocycles. The van der Waals surface area contributed by atoms with Crippen molar-refractivity contribution in [2.75, 3.05) is 13.2 Å². The summed E-state index contributed by atoms with van der Waals surface area (Å²) in [5, 5.41) is 0. The molecule has 1 aromatic rings. The first-order valence-corrected chi connectivity index (χ1v) is 4.94. The molecule has 3 nitrogen and oxygen atoms in total. The molecule has 0 saturated heterocycles. The molecule has 1 heterocycles. The van der Waals surface area contributed by atoms with Crippen molar-refractivity contribution in [2.45, 2.75) is 19.4 Å². The third kappa shape index (κ3) is 1.68. The van der Waals surface area contributed by atoms with Crippen LogP contribution in [0.25, 0.3) is 0 Å². The molecule has 14 heavy (non-hydrogen) atoms. The molecule has 2 rings (SSSR count). The zero-order valence-corrected chi connectivity index (χ0v) is 8.32. The molecule has 0 radical (unpaired) electrons. The number of para-hydroxylation sites is 1.